The van der Waals surface area contributed by atoms with Gasteiger partial charge in [-0.05, 0) is 90.4 Å². The van der Waals surface area contributed by atoms with Crippen molar-refractivity contribution in [3.8, 4) is 0 Å². The second-order valence-electron chi connectivity index (χ2n) is 9.19. The summed E-state index contributed by atoms with van der Waals surface area (Å²) in [7, 11) is 0. The fraction of sp³-hybridized carbons (Fsp3) is 0.118. The Morgan fingerprint density at radius 1 is 0.500 bits per heavy atom. The summed E-state index contributed by atoms with van der Waals surface area (Å²) in [5.41, 5.74) is 8.67. The molecule has 5 aromatic rings. The molecule has 1 N–H and O–H groups in total. The Labute approximate surface area is 229 Å². The normalized spacial score (nSPS) is 10.8. The lowest BCUT2D eigenvalue weighted by Gasteiger charge is -2.32. The van der Waals surface area contributed by atoms with Crippen molar-refractivity contribution in [1.82, 2.24) is 0 Å². The Morgan fingerprint density at radius 2 is 0.889 bits per heavy atom. The zero-order valence-corrected chi connectivity index (χ0v) is 23.2. The van der Waals surface area contributed by atoms with Gasteiger partial charge in [0.05, 0.1) is 0 Å². The first-order chi connectivity index (χ1) is 17.5. The molecule has 180 valence electrons. The molecule has 36 heavy (non-hydrogen) atoms. The summed E-state index contributed by atoms with van der Waals surface area (Å²) < 4.78 is 1.30. The molecule has 0 aliphatic carbocycles. The number of rotatable bonds is 5. The zero-order valence-electron chi connectivity index (χ0n) is 21.1. The molecule has 0 amide bonds. The predicted molar refractivity (Wildman–Crippen MR) is 163 cm³/mol. The Hall–Kier alpha value is -3.37. The Balaban J connectivity index is 0.000000179. The Bertz CT molecular complexity index is 1280. The van der Waals surface area contributed by atoms with Crippen LogP contribution in [0.4, 0.5) is 11.4 Å². The van der Waals surface area contributed by atoms with Gasteiger partial charge in [0.1, 0.15) is 0 Å². The fourth-order valence-electron chi connectivity index (χ4n) is 4.33. The number of halogens is 1. The van der Waals surface area contributed by atoms with Gasteiger partial charge in [0.15, 0.2) is 0 Å². The van der Waals surface area contributed by atoms with Gasteiger partial charge < -0.3 is 5.32 Å². The van der Waals surface area contributed by atoms with Gasteiger partial charge in [-0.1, -0.05) is 114 Å². The molecule has 0 bridgehead atoms. The van der Waals surface area contributed by atoms with E-state index in [1.165, 1.54) is 31.4 Å². The van der Waals surface area contributed by atoms with Crippen LogP contribution in [0, 0.1) is 17.4 Å². The van der Waals surface area contributed by atoms with Crippen LogP contribution in [0.15, 0.2) is 133 Å². The molecule has 5 rings (SSSR count). The Kier molecular flexibility index (Phi) is 8.61. The quantitative estimate of drug-likeness (QED) is 0.161. The molecule has 0 atom stereocenters. The molecule has 1 nitrogen and oxygen atoms in total. The number of hydrogen-bond acceptors (Lipinski definition) is 1. The fourth-order valence-corrected chi connectivity index (χ4v) is 5.25. The molecule has 0 radical (unpaired) electrons. The highest BCUT2D eigenvalue weighted by Gasteiger charge is 2.32. The van der Waals surface area contributed by atoms with Crippen molar-refractivity contribution in [3.05, 3.63) is 165 Å². The van der Waals surface area contributed by atoms with Gasteiger partial charge in [-0.25, -0.2) is 0 Å². The third kappa shape index (κ3) is 6.24. The van der Waals surface area contributed by atoms with Crippen molar-refractivity contribution in [2.24, 2.45) is 0 Å². The highest BCUT2D eigenvalue weighted by molar-refractivity contribution is 14.1. The van der Waals surface area contributed by atoms with E-state index in [2.05, 4.69) is 182 Å². The lowest BCUT2D eigenvalue weighted by Crippen LogP contribution is -2.26. The monoisotopic (exact) mass is 581 g/mol. The predicted octanol–water partition coefficient (Wildman–Crippen LogP) is 9.69. The highest BCUT2D eigenvalue weighted by Crippen LogP contribution is 2.40. The molecule has 0 unspecified atom stereocenters. The van der Waals surface area contributed by atoms with Gasteiger partial charge in [0.25, 0.3) is 0 Å². The molecule has 0 spiro atoms. The average molecular weight is 582 g/mol. The first kappa shape index (κ1) is 25.7. The summed E-state index contributed by atoms with van der Waals surface area (Å²) in [5, 5.41) is 3.36. The van der Waals surface area contributed by atoms with Crippen LogP contribution in [0.2, 0.25) is 0 Å². The lowest BCUT2D eigenvalue weighted by molar-refractivity contribution is 0.688. The maximum absolute atomic E-state index is 3.36. The zero-order chi connectivity index (χ0) is 25.4. The van der Waals surface area contributed by atoms with E-state index < -0.39 is 0 Å². The summed E-state index contributed by atoms with van der Waals surface area (Å²) in [6, 6.07) is 46.9. The molecular formula is C34H32IN. The van der Waals surface area contributed by atoms with Gasteiger partial charge in [-0.3, -0.25) is 0 Å². The van der Waals surface area contributed by atoms with Crippen molar-refractivity contribution in [1.29, 1.82) is 0 Å². The molecule has 0 fully saturated rings. The van der Waals surface area contributed by atoms with Crippen molar-refractivity contribution >= 4 is 34.0 Å². The minimum absolute atomic E-state index is 0.139. The van der Waals surface area contributed by atoms with E-state index in [4.69, 9.17) is 0 Å². The van der Waals surface area contributed by atoms with E-state index in [1.54, 1.807) is 0 Å². The third-order valence-electron chi connectivity index (χ3n) is 6.51. The second-order valence-corrected chi connectivity index (χ2v) is 10.4. The maximum atomic E-state index is 3.36. The number of aryl methyl sites for hydroxylation is 2. The smallest absolute Gasteiger partial charge is 0.0433 e. The first-order valence-corrected chi connectivity index (χ1v) is 13.3. The molecule has 0 saturated heterocycles. The lowest BCUT2D eigenvalue weighted by atomic mass is 9.71. The molecule has 5 aromatic carbocycles. The van der Waals surface area contributed by atoms with Crippen molar-refractivity contribution < 1.29 is 0 Å². The van der Waals surface area contributed by atoms with E-state index in [0.717, 1.165) is 11.4 Å². The summed E-state index contributed by atoms with van der Waals surface area (Å²) in [5.74, 6) is 0. The highest BCUT2D eigenvalue weighted by atomic mass is 127. The van der Waals surface area contributed by atoms with Crippen LogP contribution in [0.25, 0.3) is 0 Å². The first-order valence-electron chi connectivity index (χ1n) is 12.2. The molecular weight excluding hydrogens is 549 g/mol. The van der Waals surface area contributed by atoms with Crippen LogP contribution in [-0.2, 0) is 5.41 Å². The second kappa shape index (κ2) is 12.0. The van der Waals surface area contributed by atoms with Crippen LogP contribution in [0.1, 0.15) is 34.7 Å². The molecule has 0 saturated carbocycles. The summed E-state index contributed by atoms with van der Waals surface area (Å²) in [6.07, 6.45) is 0. The van der Waals surface area contributed by atoms with E-state index in [0.29, 0.717) is 0 Å². The van der Waals surface area contributed by atoms with Crippen LogP contribution >= 0.6 is 22.6 Å². The largest absolute Gasteiger partial charge is 0.356 e. The molecule has 0 aliphatic rings. The van der Waals surface area contributed by atoms with Gasteiger partial charge in [-0.2, -0.15) is 0 Å². The van der Waals surface area contributed by atoms with Crippen LogP contribution in [-0.4, -0.2) is 0 Å². The van der Waals surface area contributed by atoms with E-state index >= 15 is 0 Å². The van der Waals surface area contributed by atoms with E-state index in [1.807, 2.05) is 0 Å². The van der Waals surface area contributed by atoms with Gasteiger partial charge in [0, 0.05) is 20.4 Å². The van der Waals surface area contributed by atoms with Gasteiger partial charge >= 0.3 is 0 Å². The topological polar surface area (TPSA) is 12.0 Å². The minimum atomic E-state index is -0.139. The number of nitrogens with one attached hydrogen (secondary N) is 1. The minimum Gasteiger partial charge on any atom is -0.356 e. The average Bonchev–Trinajstić information content (AvgIpc) is 2.92. The Morgan fingerprint density at radius 3 is 1.31 bits per heavy atom. The van der Waals surface area contributed by atoms with Crippen LogP contribution in [0.5, 0.6) is 0 Å². The van der Waals surface area contributed by atoms with Crippen molar-refractivity contribution in [3.63, 3.8) is 0 Å². The summed E-state index contributed by atoms with van der Waals surface area (Å²) in [6.45, 7) is 6.50. The molecule has 0 aromatic heterocycles. The van der Waals surface area contributed by atoms with Crippen LogP contribution < -0.4 is 5.32 Å². The number of hydrogen-bond donors (Lipinski definition) is 1. The summed E-state index contributed by atoms with van der Waals surface area (Å²) >= 11 is 2.44. The standard InChI is InChI=1S/C20H17I.C14H15N/c1-20(16-10-4-2-5-11-16,17-12-6-3-7-13-17)18-14-8-9-15-19(18)21;1-11-3-7-13(8-4-11)15-14-9-5-12(2)6-10-14/h2-15H,1H3;3-10,15H,1-2H3. The van der Waals surface area contributed by atoms with Crippen molar-refractivity contribution in [2.45, 2.75) is 26.2 Å². The van der Waals surface area contributed by atoms with Crippen molar-refractivity contribution in [2.75, 3.05) is 5.32 Å². The number of anilines is 2. The SMILES string of the molecule is CC(c1ccccc1)(c1ccccc1)c1ccccc1I.Cc1ccc(Nc2ccc(C)cc2)cc1. The molecule has 0 heterocycles. The molecule has 2 heteroatoms. The molecule has 0 aliphatic heterocycles. The van der Waals surface area contributed by atoms with Gasteiger partial charge in [-0.15, -0.1) is 0 Å². The van der Waals surface area contributed by atoms with Gasteiger partial charge in [0.2, 0.25) is 0 Å². The van der Waals surface area contributed by atoms with E-state index in [-0.39, 0.29) is 5.41 Å². The van der Waals surface area contributed by atoms with Crippen LogP contribution in [0.3, 0.4) is 0 Å². The maximum Gasteiger partial charge on any atom is 0.0433 e. The van der Waals surface area contributed by atoms with E-state index in [9.17, 15) is 0 Å². The summed E-state index contributed by atoms with van der Waals surface area (Å²) in [4.78, 5) is 0. The number of benzene rings is 5. The third-order valence-corrected chi connectivity index (χ3v) is 7.45.